The fraction of sp³-hybridized carbons (Fsp3) is 0.0833. The first-order valence-electron chi connectivity index (χ1n) is 4.77. The second kappa shape index (κ2) is 4.80. The van der Waals surface area contributed by atoms with Crippen molar-refractivity contribution in [2.45, 2.75) is 6.42 Å². The summed E-state index contributed by atoms with van der Waals surface area (Å²) in [6.45, 7) is 0. The lowest BCUT2D eigenvalue weighted by atomic mass is 10.1. The Balaban J connectivity index is 2.11. The number of hydrogen-bond donors (Lipinski definition) is 1. The summed E-state index contributed by atoms with van der Waals surface area (Å²) in [5, 5.41) is 1.98. The highest BCUT2D eigenvalue weighted by Crippen LogP contribution is 2.21. The van der Waals surface area contributed by atoms with Crippen LogP contribution in [0.1, 0.15) is 15.2 Å². The number of anilines is 1. The van der Waals surface area contributed by atoms with Gasteiger partial charge in [0.15, 0.2) is 5.78 Å². The van der Waals surface area contributed by atoms with Gasteiger partial charge in [-0.3, -0.25) is 4.79 Å². The zero-order valence-corrected chi connectivity index (χ0v) is 10.8. The third-order valence-corrected chi connectivity index (χ3v) is 3.89. The normalized spacial score (nSPS) is 10.3. The van der Waals surface area contributed by atoms with E-state index in [-0.39, 0.29) is 5.78 Å². The number of ketones is 1. The SMILES string of the molecule is Nc1ccc(C(=O)Cc2cc(Br)cs2)cc1. The summed E-state index contributed by atoms with van der Waals surface area (Å²) < 4.78 is 1.03. The van der Waals surface area contributed by atoms with E-state index in [0.717, 1.165) is 9.35 Å². The number of thiophene rings is 1. The van der Waals surface area contributed by atoms with Crippen LogP contribution in [0.5, 0.6) is 0 Å². The van der Waals surface area contributed by atoms with Crippen LogP contribution in [0.4, 0.5) is 5.69 Å². The highest BCUT2D eigenvalue weighted by molar-refractivity contribution is 9.10. The van der Waals surface area contributed by atoms with Crippen LogP contribution >= 0.6 is 27.3 Å². The van der Waals surface area contributed by atoms with Crippen molar-refractivity contribution in [2.75, 3.05) is 5.73 Å². The van der Waals surface area contributed by atoms with E-state index in [1.54, 1.807) is 35.6 Å². The number of carbonyl (C=O) groups excluding carboxylic acids is 1. The lowest BCUT2D eigenvalue weighted by molar-refractivity contribution is 0.0994. The molecule has 0 aliphatic carbocycles. The van der Waals surface area contributed by atoms with Gasteiger partial charge in [0.1, 0.15) is 0 Å². The number of nitrogens with two attached hydrogens (primary N) is 1. The van der Waals surface area contributed by atoms with Crippen LogP contribution in [0.2, 0.25) is 0 Å². The lowest BCUT2D eigenvalue weighted by Gasteiger charge is -1.99. The Kier molecular flexibility index (Phi) is 3.41. The highest BCUT2D eigenvalue weighted by atomic mass is 79.9. The molecule has 0 aliphatic heterocycles. The first-order chi connectivity index (χ1) is 7.65. The number of carbonyl (C=O) groups is 1. The maximum Gasteiger partial charge on any atom is 0.168 e. The molecule has 0 unspecified atom stereocenters. The van der Waals surface area contributed by atoms with Gasteiger partial charge < -0.3 is 5.73 Å². The van der Waals surface area contributed by atoms with Gasteiger partial charge >= 0.3 is 0 Å². The average molecular weight is 296 g/mol. The van der Waals surface area contributed by atoms with Gasteiger partial charge in [0.25, 0.3) is 0 Å². The first kappa shape index (κ1) is 11.4. The summed E-state index contributed by atoms with van der Waals surface area (Å²) in [5.74, 6) is 0.120. The minimum absolute atomic E-state index is 0.120. The number of nitrogen functional groups attached to an aromatic ring is 1. The molecule has 0 saturated carbocycles. The van der Waals surface area contributed by atoms with Crippen molar-refractivity contribution in [3.63, 3.8) is 0 Å². The van der Waals surface area contributed by atoms with Crippen LogP contribution in [-0.4, -0.2) is 5.78 Å². The summed E-state index contributed by atoms with van der Waals surface area (Å²) in [5.41, 5.74) is 6.95. The van der Waals surface area contributed by atoms with E-state index in [2.05, 4.69) is 15.9 Å². The number of hydrogen-bond acceptors (Lipinski definition) is 3. The molecule has 2 nitrogen and oxygen atoms in total. The average Bonchev–Trinajstić information content (AvgIpc) is 2.65. The molecule has 0 saturated heterocycles. The standard InChI is InChI=1S/C12H10BrNOS/c13-9-5-11(16-7-9)6-12(15)8-1-3-10(14)4-2-8/h1-5,7H,6,14H2. The monoisotopic (exact) mass is 295 g/mol. The molecule has 82 valence electrons. The maximum absolute atomic E-state index is 11.9. The van der Waals surface area contributed by atoms with Gasteiger partial charge in [-0.1, -0.05) is 0 Å². The smallest absolute Gasteiger partial charge is 0.168 e. The third-order valence-electron chi connectivity index (χ3n) is 2.19. The van der Waals surface area contributed by atoms with Crippen LogP contribution in [-0.2, 0) is 6.42 Å². The largest absolute Gasteiger partial charge is 0.399 e. The molecule has 0 radical (unpaired) electrons. The molecule has 1 aromatic heterocycles. The number of Topliss-reactive ketones (excluding diaryl/α,β-unsaturated/α-hetero) is 1. The van der Waals surface area contributed by atoms with E-state index in [4.69, 9.17) is 5.73 Å². The van der Waals surface area contributed by atoms with Crippen LogP contribution in [0, 0.1) is 0 Å². The molecule has 16 heavy (non-hydrogen) atoms. The van der Waals surface area contributed by atoms with Crippen molar-refractivity contribution in [3.05, 3.63) is 50.6 Å². The minimum atomic E-state index is 0.120. The predicted octanol–water partition coefficient (Wildman–Crippen LogP) is 3.52. The highest BCUT2D eigenvalue weighted by Gasteiger charge is 2.08. The summed E-state index contributed by atoms with van der Waals surface area (Å²) >= 11 is 4.95. The Morgan fingerprint density at radius 3 is 2.56 bits per heavy atom. The Bertz CT molecular complexity index is 504. The molecule has 0 amide bonds. The van der Waals surface area contributed by atoms with Crippen molar-refractivity contribution < 1.29 is 4.79 Å². The van der Waals surface area contributed by atoms with E-state index < -0.39 is 0 Å². The van der Waals surface area contributed by atoms with Crippen molar-refractivity contribution in [1.82, 2.24) is 0 Å². The van der Waals surface area contributed by atoms with Gasteiger partial charge in [0.2, 0.25) is 0 Å². The Hall–Kier alpha value is -1.13. The molecule has 0 atom stereocenters. The van der Waals surface area contributed by atoms with E-state index in [0.29, 0.717) is 17.7 Å². The molecule has 2 N–H and O–H groups in total. The van der Waals surface area contributed by atoms with E-state index >= 15 is 0 Å². The molecular weight excluding hydrogens is 286 g/mol. The van der Waals surface area contributed by atoms with Gasteiger partial charge in [-0.25, -0.2) is 0 Å². The Morgan fingerprint density at radius 1 is 1.31 bits per heavy atom. The molecule has 2 aromatic rings. The minimum Gasteiger partial charge on any atom is -0.399 e. The molecular formula is C12H10BrNOS. The zero-order valence-electron chi connectivity index (χ0n) is 8.44. The first-order valence-corrected chi connectivity index (χ1v) is 6.44. The molecule has 0 aliphatic rings. The summed E-state index contributed by atoms with van der Waals surface area (Å²) in [4.78, 5) is 12.9. The van der Waals surface area contributed by atoms with Gasteiger partial charge in [-0.15, -0.1) is 11.3 Å². The molecule has 0 fully saturated rings. The van der Waals surface area contributed by atoms with E-state index in [1.165, 1.54) is 0 Å². The summed E-state index contributed by atoms with van der Waals surface area (Å²) in [6, 6.07) is 9.00. The van der Waals surface area contributed by atoms with Gasteiger partial charge in [0, 0.05) is 32.4 Å². The molecule has 1 heterocycles. The van der Waals surface area contributed by atoms with Gasteiger partial charge in [0.05, 0.1) is 0 Å². The van der Waals surface area contributed by atoms with Gasteiger partial charge in [-0.05, 0) is 46.3 Å². The lowest BCUT2D eigenvalue weighted by Crippen LogP contribution is -2.02. The quantitative estimate of drug-likeness (QED) is 0.695. The van der Waals surface area contributed by atoms with Crippen LogP contribution in [0.15, 0.2) is 40.2 Å². The summed E-state index contributed by atoms with van der Waals surface area (Å²) in [6.07, 6.45) is 0.445. The number of rotatable bonds is 3. The van der Waals surface area contributed by atoms with E-state index in [9.17, 15) is 4.79 Å². The Labute approximate surface area is 106 Å². The molecule has 2 rings (SSSR count). The van der Waals surface area contributed by atoms with Crippen LogP contribution < -0.4 is 5.73 Å². The third kappa shape index (κ3) is 2.71. The second-order valence-corrected chi connectivity index (χ2v) is 5.36. The Morgan fingerprint density at radius 2 is 2.00 bits per heavy atom. The molecule has 1 aromatic carbocycles. The molecule has 0 spiro atoms. The fourth-order valence-corrected chi connectivity index (χ4v) is 2.83. The summed E-state index contributed by atoms with van der Waals surface area (Å²) in [7, 11) is 0. The fourth-order valence-electron chi connectivity index (χ4n) is 1.38. The van der Waals surface area contributed by atoms with Crippen LogP contribution in [0.25, 0.3) is 0 Å². The maximum atomic E-state index is 11.9. The van der Waals surface area contributed by atoms with Crippen molar-refractivity contribution in [1.29, 1.82) is 0 Å². The van der Waals surface area contributed by atoms with Crippen LogP contribution in [0.3, 0.4) is 0 Å². The van der Waals surface area contributed by atoms with Gasteiger partial charge in [-0.2, -0.15) is 0 Å². The number of benzene rings is 1. The second-order valence-electron chi connectivity index (χ2n) is 3.45. The zero-order chi connectivity index (χ0) is 11.5. The van der Waals surface area contributed by atoms with Crippen molar-refractivity contribution in [3.8, 4) is 0 Å². The topological polar surface area (TPSA) is 43.1 Å². The van der Waals surface area contributed by atoms with E-state index in [1.807, 2.05) is 11.4 Å². The van der Waals surface area contributed by atoms with Crippen molar-refractivity contribution >= 4 is 38.7 Å². The predicted molar refractivity (Wildman–Crippen MR) is 70.9 cm³/mol. The molecule has 0 bridgehead atoms. The molecule has 4 heteroatoms. The number of halogens is 1. The van der Waals surface area contributed by atoms with Crippen molar-refractivity contribution in [2.24, 2.45) is 0 Å².